The number of H-pyrrole nitrogens is 1. The van der Waals surface area contributed by atoms with E-state index in [-0.39, 0.29) is 30.6 Å². The number of nitrogens with zero attached hydrogens (tertiary/aromatic N) is 3. The third kappa shape index (κ3) is 4.29. The molecule has 1 N–H and O–H groups in total. The Kier molecular flexibility index (Phi) is 4.70. The predicted molar refractivity (Wildman–Crippen MR) is 80.9 cm³/mol. The third-order valence-electron chi connectivity index (χ3n) is 4.39. The number of amides is 1. The van der Waals surface area contributed by atoms with E-state index in [0.717, 1.165) is 12.8 Å². The van der Waals surface area contributed by atoms with Gasteiger partial charge in [-0.1, -0.05) is 0 Å². The van der Waals surface area contributed by atoms with Gasteiger partial charge in [-0.25, -0.2) is 4.98 Å². The van der Waals surface area contributed by atoms with E-state index in [0.29, 0.717) is 13.1 Å². The van der Waals surface area contributed by atoms with Gasteiger partial charge in [-0.3, -0.25) is 14.6 Å². The third-order valence-corrected chi connectivity index (χ3v) is 4.39. The van der Waals surface area contributed by atoms with Gasteiger partial charge in [0, 0.05) is 38.5 Å². The van der Waals surface area contributed by atoms with Crippen LogP contribution in [0.5, 0.6) is 0 Å². The lowest BCUT2D eigenvalue weighted by Gasteiger charge is -2.35. The second kappa shape index (κ2) is 6.64. The number of hydrogen-bond acceptors (Lipinski definition) is 4. The number of piperazine rings is 1. The van der Waals surface area contributed by atoms with Gasteiger partial charge in [0.05, 0.1) is 12.1 Å². The Balaban J connectivity index is 1.61. The normalized spacial score (nSPS) is 18.6. The average Bonchev–Trinajstić information content (AvgIpc) is 3.39. The fourth-order valence-corrected chi connectivity index (χ4v) is 2.82. The standard InChI is InChI=1S/C15H18F4N4O2/c16-11-12(9-1-2-9)20-14(21-13(11)25)23-7-5-22(6-8-23)10(24)3-4-15(17,18)19/h9H,1-8H2,(H,20,21,25). The molecule has 2 heterocycles. The highest BCUT2D eigenvalue weighted by Crippen LogP contribution is 2.39. The van der Waals surface area contributed by atoms with Crippen molar-refractivity contribution in [3.05, 3.63) is 21.9 Å². The number of carbonyl (C=O) groups is 1. The number of aromatic nitrogens is 2. The zero-order chi connectivity index (χ0) is 18.2. The highest BCUT2D eigenvalue weighted by atomic mass is 19.4. The van der Waals surface area contributed by atoms with E-state index in [1.807, 2.05) is 0 Å². The summed E-state index contributed by atoms with van der Waals surface area (Å²) in [5.41, 5.74) is -0.655. The molecule has 1 saturated carbocycles. The number of halogens is 4. The van der Waals surface area contributed by atoms with E-state index < -0.39 is 36.3 Å². The van der Waals surface area contributed by atoms with Crippen molar-refractivity contribution in [1.29, 1.82) is 0 Å². The first-order valence-corrected chi connectivity index (χ1v) is 8.14. The molecule has 1 aromatic heterocycles. The van der Waals surface area contributed by atoms with Crippen molar-refractivity contribution < 1.29 is 22.4 Å². The van der Waals surface area contributed by atoms with Crippen LogP contribution in [0, 0.1) is 5.82 Å². The molecule has 25 heavy (non-hydrogen) atoms. The molecule has 0 aromatic carbocycles. The lowest BCUT2D eigenvalue weighted by atomic mass is 10.2. The molecule has 0 radical (unpaired) electrons. The van der Waals surface area contributed by atoms with Crippen LogP contribution in [0.15, 0.2) is 4.79 Å². The number of aromatic amines is 1. The summed E-state index contributed by atoms with van der Waals surface area (Å²) >= 11 is 0. The highest BCUT2D eigenvalue weighted by Gasteiger charge is 2.32. The van der Waals surface area contributed by atoms with Crippen LogP contribution in [0.4, 0.5) is 23.5 Å². The minimum atomic E-state index is -4.35. The summed E-state index contributed by atoms with van der Waals surface area (Å²) < 4.78 is 50.4. The molecule has 2 fully saturated rings. The van der Waals surface area contributed by atoms with E-state index in [2.05, 4.69) is 9.97 Å². The Morgan fingerprint density at radius 1 is 1.20 bits per heavy atom. The Morgan fingerprint density at radius 2 is 1.84 bits per heavy atom. The van der Waals surface area contributed by atoms with Crippen LogP contribution in [-0.2, 0) is 4.79 Å². The fraction of sp³-hybridized carbons (Fsp3) is 0.667. The number of rotatable bonds is 4. The molecule has 2 aliphatic rings. The van der Waals surface area contributed by atoms with Gasteiger partial charge in [0.15, 0.2) is 0 Å². The minimum absolute atomic E-state index is 0.0220. The van der Waals surface area contributed by atoms with Crippen molar-refractivity contribution in [2.24, 2.45) is 0 Å². The van der Waals surface area contributed by atoms with Crippen molar-refractivity contribution >= 4 is 11.9 Å². The number of anilines is 1. The summed E-state index contributed by atoms with van der Waals surface area (Å²) in [5.74, 6) is -1.18. The van der Waals surface area contributed by atoms with Crippen LogP contribution < -0.4 is 10.5 Å². The van der Waals surface area contributed by atoms with Crippen molar-refractivity contribution in [2.45, 2.75) is 37.8 Å². The lowest BCUT2D eigenvalue weighted by Crippen LogP contribution is -2.49. The summed E-state index contributed by atoms with van der Waals surface area (Å²) in [7, 11) is 0. The molecule has 0 spiro atoms. The topological polar surface area (TPSA) is 69.3 Å². The Bertz CT molecular complexity index is 706. The molecule has 0 bridgehead atoms. The quantitative estimate of drug-likeness (QED) is 0.829. The van der Waals surface area contributed by atoms with Crippen LogP contribution >= 0.6 is 0 Å². The number of alkyl halides is 3. The molecule has 1 amide bonds. The SMILES string of the molecule is O=C(CCC(F)(F)F)N1CCN(c2nc(C3CC3)c(F)c(=O)[nH]2)CC1. The van der Waals surface area contributed by atoms with Crippen molar-refractivity contribution in [3.8, 4) is 0 Å². The van der Waals surface area contributed by atoms with Crippen LogP contribution in [0.3, 0.4) is 0 Å². The first-order chi connectivity index (χ1) is 11.7. The molecule has 1 aliphatic heterocycles. The Hall–Kier alpha value is -2.13. The minimum Gasteiger partial charge on any atom is -0.339 e. The monoisotopic (exact) mass is 362 g/mol. The van der Waals surface area contributed by atoms with Crippen molar-refractivity contribution in [1.82, 2.24) is 14.9 Å². The van der Waals surface area contributed by atoms with Crippen LogP contribution in [-0.4, -0.2) is 53.1 Å². The molecule has 138 valence electrons. The van der Waals surface area contributed by atoms with E-state index >= 15 is 0 Å². The van der Waals surface area contributed by atoms with Crippen molar-refractivity contribution in [2.75, 3.05) is 31.1 Å². The highest BCUT2D eigenvalue weighted by molar-refractivity contribution is 5.76. The Labute approximate surface area is 140 Å². The van der Waals surface area contributed by atoms with Gasteiger partial charge in [-0.15, -0.1) is 0 Å². The van der Waals surface area contributed by atoms with Crippen LogP contribution in [0.1, 0.15) is 37.3 Å². The molecule has 1 aromatic rings. The van der Waals surface area contributed by atoms with Gasteiger partial charge < -0.3 is 9.80 Å². The molecule has 0 unspecified atom stereocenters. The van der Waals surface area contributed by atoms with Crippen molar-refractivity contribution in [3.63, 3.8) is 0 Å². The summed E-state index contributed by atoms with van der Waals surface area (Å²) in [6.07, 6.45) is -4.46. The largest absolute Gasteiger partial charge is 0.389 e. The second-order valence-corrected chi connectivity index (χ2v) is 6.35. The van der Waals surface area contributed by atoms with Gasteiger partial charge in [-0.2, -0.15) is 17.6 Å². The second-order valence-electron chi connectivity index (χ2n) is 6.35. The molecule has 3 rings (SSSR count). The van der Waals surface area contributed by atoms with E-state index in [1.54, 1.807) is 4.90 Å². The molecule has 10 heteroatoms. The van der Waals surface area contributed by atoms with Crippen LogP contribution in [0.2, 0.25) is 0 Å². The predicted octanol–water partition coefficient (Wildman–Crippen LogP) is 1.78. The number of hydrogen-bond donors (Lipinski definition) is 1. The smallest absolute Gasteiger partial charge is 0.339 e. The van der Waals surface area contributed by atoms with Gasteiger partial charge in [0.25, 0.3) is 5.56 Å². The molecule has 1 aliphatic carbocycles. The molecular formula is C15H18F4N4O2. The van der Waals surface area contributed by atoms with E-state index in [9.17, 15) is 27.2 Å². The first-order valence-electron chi connectivity index (χ1n) is 8.14. The number of carbonyl (C=O) groups excluding carboxylic acids is 1. The van der Waals surface area contributed by atoms with Gasteiger partial charge in [-0.05, 0) is 12.8 Å². The van der Waals surface area contributed by atoms with Gasteiger partial charge in [0.2, 0.25) is 17.7 Å². The van der Waals surface area contributed by atoms with Gasteiger partial charge >= 0.3 is 6.18 Å². The maximum absolute atomic E-state index is 13.8. The summed E-state index contributed by atoms with van der Waals surface area (Å²) in [6.45, 7) is 1.10. The van der Waals surface area contributed by atoms with Crippen LogP contribution in [0.25, 0.3) is 0 Å². The maximum Gasteiger partial charge on any atom is 0.389 e. The summed E-state index contributed by atoms with van der Waals surface area (Å²) in [6, 6.07) is 0. The zero-order valence-electron chi connectivity index (χ0n) is 13.4. The van der Waals surface area contributed by atoms with E-state index in [1.165, 1.54) is 4.90 Å². The fourth-order valence-electron chi connectivity index (χ4n) is 2.82. The zero-order valence-corrected chi connectivity index (χ0v) is 13.4. The van der Waals surface area contributed by atoms with Gasteiger partial charge in [0.1, 0.15) is 0 Å². The van der Waals surface area contributed by atoms with E-state index in [4.69, 9.17) is 0 Å². The molecule has 0 atom stereocenters. The lowest BCUT2D eigenvalue weighted by molar-refractivity contribution is -0.149. The average molecular weight is 362 g/mol. The molecule has 6 nitrogen and oxygen atoms in total. The Morgan fingerprint density at radius 3 is 2.40 bits per heavy atom. The molecule has 1 saturated heterocycles. The first kappa shape index (κ1) is 17.7. The summed E-state index contributed by atoms with van der Waals surface area (Å²) in [5, 5.41) is 0. The molecular weight excluding hydrogens is 344 g/mol. The summed E-state index contributed by atoms with van der Waals surface area (Å²) in [4.78, 5) is 33.2. The maximum atomic E-state index is 13.8. The number of nitrogens with one attached hydrogen (secondary N) is 1.